The zero-order chi connectivity index (χ0) is 41.1. The Kier molecular flexibility index (Phi) is 14.5. The predicted octanol–water partition coefficient (Wildman–Crippen LogP) is 7.49. The molecule has 2 aromatic carbocycles. The summed E-state index contributed by atoms with van der Waals surface area (Å²) >= 11 is 0. The molecule has 310 valence electrons. The minimum absolute atomic E-state index is 0.0785. The molecule has 4 rings (SSSR count). The molecule has 2 aliphatic rings. The summed E-state index contributed by atoms with van der Waals surface area (Å²) in [4.78, 5) is 15.2. The Morgan fingerprint density at radius 2 is 1.42 bits per heavy atom. The molecule has 2 aliphatic carbocycles. The first kappa shape index (κ1) is 45.4. The molecule has 2 bridgehead atoms. The van der Waals surface area contributed by atoms with Crippen LogP contribution in [0.5, 0.6) is 11.5 Å². The third-order valence-electron chi connectivity index (χ3n) is 13.2. The molecule has 3 N–H and O–H groups in total. The van der Waals surface area contributed by atoms with Crippen molar-refractivity contribution in [3.8, 4) is 11.5 Å². The molecule has 2 aromatic rings. The fourth-order valence-corrected chi connectivity index (χ4v) is 9.86. The van der Waals surface area contributed by atoms with Crippen LogP contribution >= 0.6 is 0 Å². The van der Waals surface area contributed by atoms with Gasteiger partial charge < -0.3 is 43.4 Å². The number of Topliss-reactive ketones (excluding diaryl/α,β-unsaturated/α-hetero) is 1. The first-order valence-corrected chi connectivity index (χ1v) is 22.9. The van der Waals surface area contributed by atoms with Crippen molar-refractivity contribution in [2.45, 2.75) is 155 Å². The number of ketones is 1. The molecular formula is C44H70O10Si. The second-order valence-electron chi connectivity index (χ2n) is 18.4. The minimum atomic E-state index is -2.55. The van der Waals surface area contributed by atoms with Crippen LogP contribution in [-0.2, 0) is 36.6 Å². The predicted molar refractivity (Wildman–Crippen MR) is 217 cm³/mol. The summed E-state index contributed by atoms with van der Waals surface area (Å²) in [5, 5.41) is 37.8. The normalized spacial score (nSPS) is 28.2. The maximum Gasteiger partial charge on any atom is 0.192 e. The smallest absolute Gasteiger partial charge is 0.192 e. The number of aliphatic hydroxyl groups is 3. The minimum Gasteiger partial charge on any atom is -0.497 e. The van der Waals surface area contributed by atoms with E-state index in [4.69, 9.17) is 28.1 Å². The van der Waals surface area contributed by atoms with Crippen LogP contribution in [0.15, 0.2) is 48.5 Å². The summed E-state index contributed by atoms with van der Waals surface area (Å²) in [5.41, 5.74) is -2.39. The summed E-state index contributed by atoms with van der Waals surface area (Å²) in [6.45, 7) is 22.1. The first-order valence-electron chi connectivity index (χ1n) is 20.0. The third-order valence-corrected chi connectivity index (χ3v) is 17.7. The van der Waals surface area contributed by atoms with Crippen LogP contribution < -0.4 is 9.47 Å². The van der Waals surface area contributed by atoms with Gasteiger partial charge in [0.1, 0.15) is 29.3 Å². The Balaban J connectivity index is 1.88. The van der Waals surface area contributed by atoms with Gasteiger partial charge in [0.25, 0.3) is 0 Å². The lowest BCUT2D eigenvalue weighted by atomic mass is 9.66. The highest BCUT2D eigenvalue weighted by Crippen LogP contribution is 2.58. The van der Waals surface area contributed by atoms with Gasteiger partial charge in [0, 0.05) is 23.2 Å². The molecule has 2 fully saturated rings. The lowest BCUT2D eigenvalue weighted by Gasteiger charge is -2.51. The summed E-state index contributed by atoms with van der Waals surface area (Å²) < 4.78 is 37.4. The van der Waals surface area contributed by atoms with Gasteiger partial charge >= 0.3 is 0 Å². The van der Waals surface area contributed by atoms with E-state index in [0.29, 0.717) is 18.6 Å². The van der Waals surface area contributed by atoms with Gasteiger partial charge in [0.2, 0.25) is 0 Å². The molecule has 0 aliphatic heterocycles. The standard InChI is InChI=1S/C44H70O10Si/c1-28(2)53-27-43(47,40(30(4)45)52-26-32-16-20-34(50-11)21-17-32)36-24-37(54-55(12,13)41(5,6)7)44(48)23-22-35(42(44,8)9)39(38(46)29(36)3)51-25-31-14-18-33(49-10)19-15-31/h14-21,28-30,35-37,39-40,45,47-48H,22-27H2,1-13H3/t29-,30+,35-,36-,37-,39-,40-,43-,44+/m1/s1. The van der Waals surface area contributed by atoms with Crippen LogP contribution in [0.2, 0.25) is 18.1 Å². The Bertz CT molecular complexity index is 1540. The van der Waals surface area contributed by atoms with Gasteiger partial charge in [-0.05, 0) is 93.6 Å². The quantitative estimate of drug-likeness (QED) is 0.147. The van der Waals surface area contributed by atoms with Crippen molar-refractivity contribution >= 4 is 14.1 Å². The van der Waals surface area contributed by atoms with E-state index in [1.165, 1.54) is 0 Å². The summed E-state index contributed by atoms with van der Waals surface area (Å²) in [6, 6.07) is 15.0. The van der Waals surface area contributed by atoms with Crippen LogP contribution in [0.3, 0.4) is 0 Å². The van der Waals surface area contributed by atoms with Crippen molar-refractivity contribution in [1.82, 2.24) is 0 Å². The van der Waals surface area contributed by atoms with Crippen LogP contribution in [-0.4, -0.2) is 92.0 Å². The van der Waals surface area contributed by atoms with Gasteiger partial charge in [-0.3, -0.25) is 4.79 Å². The van der Waals surface area contributed by atoms with Gasteiger partial charge in [0.05, 0.1) is 58.0 Å². The number of ether oxygens (including phenoxy) is 5. The van der Waals surface area contributed by atoms with Crippen molar-refractivity contribution in [2.75, 3.05) is 20.8 Å². The summed E-state index contributed by atoms with van der Waals surface area (Å²) in [5.74, 6) is -0.780. The zero-order valence-electron chi connectivity index (χ0n) is 35.7. The van der Waals surface area contributed by atoms with E-state index in [-0.39, 0.29) is 49.1 Å². The topological polar surface area (TPSA) is 133 Å². The van der Waals surface area contributed by atoms with Crippen LogP contribution in [0, 0.1) is 23.2 Å². The molecule has 0 aromatic heterocycles. The van der Waals surface area contributed by atoms with E-state index in [0.717, 1.165) is 16.9 Å². The molecule has 0 saturated heterocycles. The number of fused-ring (bicyclic) bond motifs is 2. The highest BCUT2D eigenvalue weighted by atomic mass is 28.4. The van der Waals surface area contributed by atoms with Gasteiger partial charge in [-0.2, -0.15) is 0 Å². The first-order chi connectivity index (χ1) is 25.5. The molecule has 0 amide bonds. The van der Waals surface area contributed by atoms with E-state index < -0.39 is 61.2 Å². The molecule has 9 atom stereocenters. The summed E-state index contributed by atoms with van der Waals surface area (Å²) in [7, 11) is 0.665. The molecule has 10 nitrogen and oxygen atoms in total. The molecule has 0 spiro atoms. The van der Waals surface area contributed by atoms with Crippen molar-refractivity contribution in [2.24, 2.45) is 23.2 Å². The maximum absolute atomic E-state index is 15.2. The lowest BCUT2D eigenvalue weighted by molar-refractivity contribution is -0.223. The van der Waals surface area contributed by atoms with Gasteiger partial charge in [-0.1, -0.05) is 65.8 Å². The average molecular weight is 787 g/mol. The number of rotatable bonds is 16. The van der Waals surface area contributed by atoms with E-state index in [9.17, 15) is 15.3 Å². The molecule has 2 saturated carbocycles. The number of carbonyl (C=O) groups excluding carboxylic acids is 1. The van der Waals surface area contributed by atoms with Crippen LogP contribution in [0.25, 0.3) is 0 Å². The van der Waals surface area contributed by atoms with Crippen molar-refractivity contribution in [3.63, 3.8) is 0 Å². The fourth-order valence-electron chi connectivity index (χ4n) is 8.50. The molecule has 0 radical (unpaired) electrons. The Morgan fingerprint density at radius 1 is 0.891 bits per heavy atom. The zero-order valence-corrected chi connectivity index (χ0v) is 36.7. The maximum atomic E-state index is 15.2. The fraction of sp³-hybridized carbons (Fsp3) is 0.705. The summed E-state index contributed by atoms with van der Waals surface area (Å²) in [6.07, 6.45) is -3.16. The van der Waals surface area contributed by atoms with E-state index >= 15 is 4.79 Å². The second-order valence-corrected chi connectivity index (χ2v) is 23.2. The van der Waals surface area contributed by atoms with Gasteiger partial charge in [-0.25, -0.2) is 0 Å². The molecule has 0 heterocycles. The van der Waals surface area contributed by atoms with Gasteiger partial charge in [-0.15, -0.1) is 0 Å². The molecule has 11 heteroatoms. The average Bonchev–Trinajstić information content (AvgIpc) is 3.36. The lowest BCUT2D eigenvalue weighted by Crippen LogP contribution is -2.63. The van der Waals surface area contributed by atoms with E-state index in [2.05, 4.69) is 33.9 Å². The highest BCUT2D eigenvalue weighted by molar-refractivity contribution is 6.74. The van der Waals surface area contributed by atoms with Crippen molar-refractivity contribution in [1.29, 1.82) is 0 Å². The van der Waals surface area contributed by atoms with Gasteiger partial charge in [0.15, 0.2) is 14.1 Å². The van der Waals surface area contributed by atoms with Crippen LogP contribution in [0.4, 0.5) is 0 Å². The van der Waals surface area contributed by atoms with E-state index in [1.54, 1.807) is 21.1 Å². The molecule has 0 unspecified atom stereocenters. The highest BCUT2D eigenvalue weighted by Gasteiger charge is 2.65. The third kappa shape index (κ3) is 9.69. The SMILES string of the molecule is COc1ccc(CO[C@H]([C@H](C)O)[C@@](O)(COC(C)C)[C@@H]2C[C@@H](O[Si](C)(C)C(C)(C)C)[C@@]3(O)CC[C@H]([C@@H](OCc4ccc(OC)cc4)C(=O)[C@@H]2C)C3(C)C)cc1. The number of carbonyl (C=O) groups is 1. The molecular weight excluding hydrogens is 717 g/mol. The number of aliphatic hydroxyl groups excluding tert-OH is 1. The number of hydrogen-bond donors (Lipinski definition) is 3. The number of benzene rings is 2. The van der Waals surface area contributed by atoms with E-state index in [1.807, 2.05) is 83.1 Å². The van der Waals surface area contributed by atoms with Crippen LogP contribution in [0.1, 0.15) is 92.7 Å². The molecule has 55 heavy (non-hydrogen) atoms. The monoisotopic (exact) mass is 786 g/mol. The van der Waals surface area contributed by atoms with Crippen molar-refractivity contribution in [3.05, 3.63) is 59.7 Å². The Labute approximate surface area is 331 Å². The van der Waals surface area contributed by atoms with Crippen molar-refractivity contribution < 1.29 is 48.2 Å². The Hall–Kier alpha value is -2.35. The number of hydrogen-bond acceptors (Lipinski definition) is 10. The Morgan fingerprint density at radius 3 is 1.89 bits per heavy atom. The second kappa shape index (κ2) is 17.6. The number of methoxy groups -OCH3 is 2. The largest absolute Gasteiger partial charge is 0.497 e.